The summed E-state index contributed by atoms with van der Waals surface area (Å²) in [7, 11) is 4.88. The van der Waals surface area contributed by atoms with Crippen molar-refractivity contribution in [3.8, 4) is 0 Å². The van der Waals surface area contributed by atoms with E-state index < -0.39 is 5.97 Å². The van der Waals surface area contributed by atoms with Crippen LogP contribution in [0.1, 0.15) is 32.1 Å². The number of rotatable bonds is 4. The molecular weight excluding hydrogens is 218 g/mol. The molecule has 0 aromatic carbocycles. The number of hydrogen-bond donors (Lipinski definition) is 0. The third kappa shape index (κ3) is 3.88. The molecule has 17 heavy (non-hydrogen) atoms. The van der Waals surface area contributed by atoms with Crippen LogP contribution in [-0.2, 0) is 14.3 Å². The molecule has 0 N–H and O–H groups in total. The smallest absolute Gasteiger partial charge is 0.342 e. The SMILES string of the molecule is COC(=O)/C(=C\N(C)C)C(=O)C1CCCCC1. The summed E-state index contributed by atoms with van der Waals surface area (Å²) in [5, 5.41) is 0. The molecule has 0 saturated heterocycles. The first-order chi connectivity index (χ1) is 8.06. The Labute approximate surface area is 103 Å². The van der Waals surface area contributed by atoms with Gasteiger partial charge in [0.15, 0.2) is 5.78 Å². The highest BCUT2D eigenvalue weighted by Gasteiger charge is 2.28. The second-order valence-corrected chi connectivity index (χ2v) is 4.70. The average Bonchev–Trinajstić information content (AvgIpc) is 2.35. The van der Waals surface area contributed by atoms with Crippen LogP contribution < -0.4 is 0 Å². The lowest BCUT2D eigenvalue weighted by atomic mass is 9.84. The number of hydrogen-bond acceptors (Lipinski definition) is 4. The van der Waals surface area contributed by atoms with E-state index in [0.29, 0.717) is 0 Å². The van der Waals surface area contributed by atoms with Crippen molar-refractivity contribution in [2.24, 2.45) is 5.92 Å². The summed E-state index contributed by atoms with van der Waals surface area (Å²) in [5.74, 6) is -0.603. The van der Waals surface area contributed by atoms with Gasteiger partial charge >= 0.3 is 5.97 Å². The molecule has 0 aliphatic heterocycles. The van der Waals surface area contributed by atoms with Crippen molar-refractivity contribution < 1.29 is 14.3 Å². The molecule has 0 unspecified atom stereocenters. The molecule has 1 saturated carbocycles. The van der Waals surface area contributed by atoms with E-state index in [-0.39, 0.29) is 17.3 Å². The molecule has 1 aliphatic rings. The van der Waals surface area contributed by atoms with Crippen molar-refractivity contribution in [3.63, 3.8) is 0 Å². The Morgan fingerprint density at radius 3 is 2.24 bits per heavy atom. The minimum absolute atomic E-state index is 0.00551. The van der Waals surface area contributed by atoms with Gasteiger partial charge in [0, 0.05) is 26.2 Å². The van der Waals surface area contributed by atoms with Crippen LogP contribution in [0.25, 0.3) is 0 Å². The maximum absolute atomic E-state index is 12.2. The summed E-state index contributed by atoms with van der Waals surface area (Å²) in [6, 6.07) is 0. The largest absolute Gasteiger partial charge is 0.465 e. The third-order valence-corrected chi connectivity index (χ3v) is 3.03. The van der Waals surface area contributed by atoms with E-state index in [1.54, 1.807) is 25.2 Å². The van der Waals surface area contributed by atoms with Crippen LogP contribution in [0, 0.1) is 5.92 Å². The number of esters is 1. The van der Waals surface area contributed by atoms with Crippen molar-refractivity contribution in [1.29, 1.82) is 0 Å². The first kappa shape index (κ1) is 13.7. The molecule has 1 rings (SSSR count). The maximum Gasteiger partial charge on any atom is 0.342 e. The summed E-state index contributed by atoms with van der Waals surface area (Å²) in [4.78, 5) is 25.5. The number of Topliss-reactive ketones (excluding diaryl/α,β-unsaturated/α-hetero) is 1. The number of methoxy groups -OCH3 is 1. The summed E-state index contributed by atoms with van der Waals surface area (Å²) in [6.07, 6.45) is 6.68. The third-order valence-electron chi connectivity index (χ3n) is 3.03. The van der Waals surface area contributed by atoms with E-state index in [1.165, 1.54) is 13.5 Å². The molecule has 4 nitrogen and oxygen atoms in total. The van der Waals surface area contributed by atoms with Gasteiger partial charge in [-0.05, 0) is 12.8 Å². The van der Waals surface area contributed by atoms with Gasteiger partial charge in [-0.3, -0.25) is 4.79 Å². The van der Waals surface area contributed by atoms with Crippen LogP contribution in [0.2, 0.25) is 0 Å². The Kier molecular flexibility index (Phi) is 5.19. The molecular formula is C13H21NO3. The topological polar surface area (TPSA) is 46.6 Å². The molecule has 0 aromatic rings. The van der Waals surface area contributed by atoms with Gasteiger partial charge in [0.05, 0.1) is 7.11 Å². The van der Waals surface area contributed by atoms with Gasteiger partial charge in [0.2, 0.25) is 0 Å². The normalized spacial score (nSPS) is 17.7. The van der Waals surface area contributed by atoms with Gasteiger partial charge in [0.25, 0.3) is 0 Å². The number of ketones is 1. The van der Waals surface area contributed by atoms with Gasteiger partial charge in [-0.2, -0.15) is 0 Å². The fourth-order valence-corrected chi connectivity index (χ4v) is 2.17. The van der Waals surface area contributed by atoms with E-state index in [1.807, 2.05) is 0 Å². The van der Waals surface area contributed by atoms with Crippen LogP contribution in [0.15, 0.2) is 11.8 Å². The molecule has 4 heteroatoms. The zero-order chi connectivity index (χ0) is 12.8. The van der Waals surface area contributed by atoms with Gasteiger partial charge in [0.1, 0.15) is 5.57 Å². The minimum Gasteiger partial charge on any atom is -0.465 e. The van der Waals surface area contributed by atoms with Crippen molar-refractivity contribution in [2.75, 3.05) is 21.2 Å². The zero-order valence-electron chi connectivity index (χ0n) is 10.9. The maximum atomic E-state index is 12.2. The monoisotopic (exact) mass is 239 g/mol. The van der Waals surface area contributed by atoms with E-state index in [9.17, 15) is 9.59 Å². The molecule has 96 valence electrons. The summed E-state index contributed by atoms with van der Waals surface area (Å²) in [6.45, 7) is 0. The Balaban J connectivity index is 2.82. The lowest BCUT2D eigenvalue weighted by molar-refractivity contribution is -0.138. The van der Waals surface area contributed by atoms with E-state index in [0.717, 1.165) is 25.7 Å². The number of carbonyl (C=O) groups excluding carboxylic acids is 2. The molecule has 0 atom stereocenters. The van der Waals surface area contributed by atoms with Crippen molar-refractivity contribution >= 4 is 11.8 Å². The Hall–Kier alpha value is -1.32. The lowest BCUT2D eigenvalue weighted by Crippen LogP contribution is -2.25. The van der Waals surface area contributed by atoms with Crippen LogP contribution >= 0.6 is 0 Å². The fourth-order valence-electron chi connectivity index (χ4n) is 2.17. The van der Waals surface area contributed by atoms with Crippen LogP contribution in [0.3, 0.4) is 0 Å². The summed E-state index contributed by atoms with van der Waals surface area (Å²) < 4.78 is 4.67. The predicted molar refractivity (Wildman–Crippen MR) is 65.4 cm³/mol. The molecule has 0 radical (unpaired) electrons. The van der Waals surface area contributed by atoms with Gasteiger partial charge in [-0.25, -0.2) is 4.79 Å². The van der Waals surface area contributed by atoms with E-state index in [2.05, 4.69) is 4.74 Å². The van der Waals surface area contributed by atoms with Gasteiger partial charge in [-0.1, -0.05) is 19.3 Å². The standard InChI is InChI=1S/C13H21NO3/c1-14(2)9-11(13(16)17-3)12(15)10-7-5-4-6-8-10/h9-10H,4-8H2,1-3H3/b11-9-. The van der Waals surface area contributed by atoms with Crippen LogP contribution in [-0.4, -0.2) is 37.9 Å². The highest BCUT2D eigenvalue weighted by Crippen LogP contribution is 2.26. The molecule has 1 fully saturated rings. The molecule has 0 bridgehead atoms. The van der Waals surface area contributed by atoms with Crippen LogP contribution in [0.5, 0.6) is 0 Å². The van der Waals surface area contributed by atoms with Crippen molar-refractivity contribution in [3.05, 3.63) is 11.8 Å². The number of ether oxygens (including phenoxy) is 1. The first-order valence-electron chi connectivity index (χ1n) is 6.07. The van der Waals surface area contributed by atoms with Crippen LogP contribution in [0.4, 0.5) is 0 Å². The number of carbonyl (C=O) groups is 2. The van der Waals surface area contributed by atoms with Crippen molar-refractivity contribution in [1.82, 2.24) is 4.90 Å². The second kappa shape index (κ2) is 6.42. The molecule has 0 aromatic heterocycles. The summed E-state index contributed by atoms with van der Waals surface area (Å²) >= 11 is 0. The second-order valence-electron chi connectivity index (χ2n) is 4.70. The lowest BCUT2D eigenvalue weighted by Gasteiger charge is -2.21. The zero-order valence-corrected chi connectivity index (χ0v) is 10.9. The highest BCUT2D eigenvalue weighted by atomic mass is 16.5. The molecule has 0 heterocycles. The quantitative estimate of drug-likeness (QED) is 0.324. The highest BCUT2D eigenvalue weighted by molar-refractivity contribution is 6.17. The van der Waals surface area contributed by atoms with E-state index >= 15 is 0 Å². The molecule has 0 amide bonds. The van der Waals surface area contributed by atoms with Crippen molar-refractivity contribution in [2.45, 2.75) is 32.1 Å². The van der Waals surface area contributed by atoms with Gasteiger partial charge in [-0.15, -0.1) is 0 Å². The van der Waals surface area contributed by atoms with E-state index in [4.69, 9.17) is 0 Å². The molecule has 1 aliphatic carbocycles. The average molecular weight is 239 g/mol. The predicted octanol–water partition coefficient (Wildman–Crippen LogP) is 1.75. The summed E-state index contributed by atoms with van der Waals surface area (Å²) in [5.41, 5.74) is 0.171. The molecule has 0 spiro atoms. The van der Waals surface area contributed by atoms with Gasteiger partial charge < -0.3 is 9.64 Å². The Morgan fingerprint density at radius 1 is 1.18 bits per heavy atom. The minimum atomic E-state index is -0.533. The Bertz CT molecular complexity index is 315. The first-order valence-corrected chi connectivity index (χ1v) is 6.07. The Morgan fingerprint density at radius 2 is 1.76 bits per heavy atom. The number of nitrogens with zero attached hydrogens (tertiary/aromatic N) is 1. The fraction of sp³-hybridized carbons (Fsp3) is 0.692.